The van der Waals surface area contributed by atoms with Gasteiger partial charge in [-0.3, -0.25) is 10.1 Å². The normalized spacial score (nSPS) is 11.1. The fraction of sp³-hybridized carbons (Fsp3) is 0.353. The molecule has 0 saturated heterocycles. The molecule has 2 rings (SSSR count). The highest BCUT2D eigenvalue weighted by Gasteiger charge is 2.08. The van der Waals surface area contributed by atoms with Gasteiger partial charge in [-0.25, -0.2) is 0 Å². The second-order valence-electron chi connectivity index (χ2n) is 5.39. The molecule has 5 nitrogen and oxygen atoms in total. The summed E-state index contributed by atoms with van der Waals surface area (Å²) in [6.45, 7) is 6.76. The number of nitrogens with zero attached hydrogens (tertiary/aromatic N) is 2. The Balaban J connectivity index is 1.98. The first-order valence-electron chi connectivity index (χ1n) is 7.61. The van der Waals surface area contributed by atoms with Gasteiger partial charge in [-0.1, -0.05) is 43.4 Å². The molecule has 0 atom stereocenters. The van der Waals surface area contributed by atoms with Crippen LogP contribution in [0.5, 0.6) is 5.75 Å². The Morgan fingerprint density at radius 1 is 1.35 bits per heavy atom. The Hall–Kier alpha value is -2.21. The molecule has 0 fully saturated rings. The van der Waals surface area contributed by atoms with Crippen molar-refractivity contribution < 1.29 is 9.53 Å². The summed E-state index contributed by atoms with van der Waals surface area (Å²) in [6.07, 6.45) is 4.07. The summed E-state index contributed by atoms with van der Waals surface area (Å²) < 4.78 is 5.52. The highest BCUT2D eigenvalue weighted by molar-refractivity contribution is 7.15. The van der Waals surface area contributed by atoms with E-state index in [-0.39, 0.29) is 5.91 Å². The molecular weight excluding hydrogens is 310 g/mol. The highest BCUT2D eigenvalue weighted by atomic mass is 32.1. The topological polar surface area (TPSA) is 64.1 Å². The number of carbonyl (C=O) groups is 1. The molecule has 0 aliphatic rings. The van der Waals surface area contributed by atoms with Crippen molar-refractivity contribution in [2.24, 2.45) is 5.92 Å². The lowest BCUT2D eigenvalue weighted by molar-refractivity contribution is -0.111. The van der Waals surface area contributed by atoms with Gasteiger partial charge in [0.15, 0.2) is 0 Å². The highest BCUT2D eigenvalue weighted by Crippen LogP contribution is 2.20. The first-order valence-corrected chi connectivity index (χ1v) is 8.43. The monoisotopic (exact) mass is 331 g/mol. The number of benzene rings is 1. The van der Waals surface area contributed by atoms with Crippen LogP contribution in [0.4, 0.5) is 5.13 Å². The molecular formula is C17H21N3O2S. The molecule has 0 bridgehead atoms. The molecule has 0 aliphatic carbocycles. The standard InChI is InChI=1S/C17H21N3O2S/c1-4-22-14-8-6-5-7-13(14)9-10-15(21)18-17-20-19-16(23-17)11-12(2)3/h5-10,12H,4,11H2,1-3H3,(H,18,20,21)/b10-9+. The van der Waals surface area contributed by atoms with E-state index >= 15 is 0 Å². The van der Waals surface area contributed by atoms with E-state index in [0.717, 1.165) is 22.7 Å². The molecule has 1 aromatic heterocycles. The van der Waals surface area contributed by atoms with Gasteiger partial charge in [0.25, 0.3) is 0 Å². The molecule has 122 valence electrons. The molecule has 1 heterocycles. The van der Waals surface area contributed by atoms with Gasteiger partial charge in [0, 0.05) is 18.1 Å². The molecule has 1 amide bonds. The summed E-state index contributed by atoms with van der Waals surface area (Å²) in [7, 11) is 0. The van der Waals surface area contributed by atoms with Crippen LogP contribution < -0.4 is 10.1 Å². The van der Waals surface area contributed by atoms with Gasteiger partial charge in [0.05, 0.1) is 6.61 Å². The minimum Gasteiger partial charge on any atom is -0.493 e. The number of hydrogen-bond acceptors (Lipinski definition) is 5. The van der Waals surface area contributed by atoms with Crippen LogP contribution >= 0.6 is 11.3 Å². The van der Waals surface area contributed by atoms with Crippen LogP contribution in [0.25, 0.3) is 6.08 Å². The quantitative estimate of drug-likeness (QED) is 0.784. The van der Waals surface area contributed by atoms with Gasteiger partial charge in [-0.15, -0.1) is 10.2 Å². The molecule has 0 radical (unpaired) electrons. The van der Waals surface area contributed by atoms with Gasteiger partial charge in [-0.2, -0.15) is 0 Å². The summed E-state index contributed by atoms with van der Waals surface area (Å²) in [5.74, 6) is 1.04. The summed E-state index contributed by atoms with van der Waals surface area (Å²) >= 11 is 1.41. The fourth-order valence-electron chi connectivity index (χ4n) is 1.95. The average molecular weight is 331 g/mol. The van der Waals surface area contributed by atoms with Crippen LogP contribution in [0.3, 0.4) is 0 Å². The van der Waals surface area contributed by atoms with Crippen molar-refractivity contribution in [1.82, 2.24) is 10.2 Å². The number of anilines is 1. The molecule has 23 heavy (non-hydrogen) atoms. The summed E-state index contributed by atoms with van der Waals surface area (Å²) in [6, 6.07) is 7.59. The minimum atomic E-state index is -0.233. The van der Waals surface area contributed by atoms with Crippen molar-refractivity contribution in [3.8, 4) is 5.75 Å². The number of hydrogen-bond donors (Lipinski definition) is 1. The van der Waals surface area contributed by atoms with E-state index < -0.39 is 0 Å². The zero-order valence-electron chi connectivity index (χ0n) is 13.6. The molecule has 1 aromatic carbocycles. The molecule has 0 spiro atoms. The van der Waals surface area contributed by atoms with Gasteiger partial charge < -0.3 is 4.74 Å². The van der Waals surface area contributed by atoms with Crippen LogP contribution in [-0.4, -0.2) is 22.7 Å². The zero-order chi connectivity index (χ0) is 16.7. The molecule has 0 unspecified atom stereocenters. The smallest absolute Gasteiger partial charge is 0.250 e. The summed E-state index contributed by atoms with van der Waals surface area (Å²) in [4.78, 5) is 12.0. The van der Waals surface area contributed by atoms with Crippen molar-refractivity contribution in [1.29, 1.82) is 0 Å². The van der Waals surface area contributed by atoms with Crippen LogP contribution in [0.15, 0.2) is 30.3 Å². The Bertz CT molecular complexity index is 680. The van der Waals surface area contributed by atoms with Crippen molar-refractivity contribution in [2.45, 2.75) is 27.2 Å². The van der Waals surface area contributed by atoms with Crippen LogP contribution in [-0.2, 0) is 11.2 Å². The van der Waals surface area contributed by atoms with E-state index in [4.69, 9.17) is 4.74 Å². The van der Waals surface area contributed by atoms with E-state index in [9.17, 15) is 4.79 Å². The van der Waals surface area contributed by atoms with Crippen LogP contribution in [0.1, 0.15) is 31.3 Å². The van der Waals surface area contributed by atoms with Crippen LogP contribution in [0, 0.1) is 5.92 Å². The molecule has 6 heteroatoms. The number of rotatable bonds is 7. The Labute approximate surface area is 140 Å². The van der Waals surface area contributed by atoms with E-state index in [0.29, 0.717) is 17.7 Å². The van der Waals surface area contributed by atoms with E-state index in [2.05, 4.69) is 29.4 Å². The second kappa shape index (κ2) is 8.43. The van der Waals surface area contributed by atoms with Crippen molar-refractivity contribution >= 4 is 28.5 Å². The third kappa shape index (κ3) is 5.49. The number of carbonyl (C=O) groups excluding carboxylic acids is 1. The lowest BCUT2D eigenvalue weighted by Crippen LogP contribution is -2.07. The number of nitrogens with one attached hydrogen (secondary N) is 1. The van der Waals surface area contributed by atoms with E-state index in [1.807, 2.05) is 31.2 Å². The van der Waals surface area contributed by atoms with Gasteiger partial charge in [-0.05, 0) is 25.0 Å². The maximum atomic E-state index is 12.0. The summed E-state index contributed by atoms with van der Waals surface area (Å²) in [5.41, 5.74) is 0.863. The third-order valence-electron chi connectivity index (χ3n) is 2.91. The first-order chi connectivity index (χ1) is 11.1. The SMILES string of the molecule is CCOc1ccccc1/C=C/C(=O)Nc1nnc(CC(C)C)s1. The molecule has 0 saturated carbocycles. The molecule has 0 aliphatic heterocycles. The Morgan fingerprint density at radius 3 is 2.87 bits per heavy atom. The second-order valence-corrected chi connectivity index (χ2v) is 6.45. The lowest BCUT2D eigenvalue weighted by Gasteiger charge is -2.05. The molecule has 2 aromatic rings. The van der Waals surface area contributed by atoms with E-state index in [1.54, 1.807) is 6.08 Å². The fourth-order valence-corrected chi connectivity index (χ4v) is 2.91. The predicted octanol–water partition coefficient (Wildman–Crippen LogP) is 3.79. The molecule has 1 N–H and O–H groups in total. The van der Waals surface area contributed by atoms with Crippen molar-refractivity contribution in [2.75, 3.05) is 11.9 Å². The number of aromatic nitrogens is 2. The van der Waals surface area contributed by atoms with Crippen molar-refractivity contribution in [3.05, 3.63) is 40.9 Å². The number of para-hydroxylation sites is 1. The van der Waals surface area contributed by atoms with Gasteiger partial charge in [0.2, 0.25) is 11.0 Å². The number of amides is 1. The number of ether oxygens (including phenoxy) is 1. The van der Waals surface area contributed by atoms with Gasteiger partial charge in [0.1, 0.15) is 10.8 Å². The van der Waals surface area contributed by atoms with Crippen LogP contribution in [0.2, 0.25) is 0 Å². The zero-order valence-corrected chi connectivity index (χ0v) is 14.4. The first kappa shape index (κ1) is 17.1. The third-order valence-corrected chi connectivity index (χ3v) is 3.77. The van der Waals surface area contributed by atoms with Crippen molar-refractivity contribution in [3.63, 3.8) is 0 Å². The summed E-state index contributed by atoms with van der Waals surface area (Å²) in [5, 5.41) is 12.3. The maximum Gasteiger partial charge on any atom is 0.250 e. The largest absolute Gasteiger partial charge is 0.493 e. The minimum absolute atomic E-state index is 0.233. The predicted molar refractivity (Wildman–Crippen MR) is 93.7 cm³/mol. The van der Waals surface area contributed by atoms with Gasteiger partial charge >= 0.3 is 0 Å². The average Bonchev–Trinajstić information content (AvgIpc) is 2.93. The maximum absolute atomic E-state index is 12.0. The van der Waals surface area contributed by atoms with E-state index in [1.165, 1.54) is 17.4 Å². The Kier molecular flexibility index (Phi) is 6.29. The lowest BCUT2D eigenvalue weighted by atomic mass is 10.1. The Morgan fingerprint density at radius 2 is 2.13 bits per heavy atom.